The summed E-state index contributed by atoms with van der Waals surface area (Å²) in [5, 5.41) is 6.26. The fraction of sp³-hybridized carbons (Fsp3) is 0.444. The van der Waals surface area contributed by atoms with E-state index in [0.29, 0.717) is 31.1 Å². The number of amides is 2. The van der Waals surface area contributed by atoms with Gasteiger partial charge >= 0.3 is 0 Å². The Morgan fingerprint density at radius 2 is 1.67 bits per heavy atom. The van der Waals surface area contributed by atoms with Crippen molar-refractivity contribution in [1.29, 1.82) is 0 Å². The van der Waals surface area contributed by atoms with E-state index >= 15 is 0 Å². The van der Waals surface area contributed by atoms with Gasteiger partial charge in [0.15, 0.2) is 0 Å². The van der Waals surface area contributed by atoms with Crippen molar-refractivity contribution >= 4 is 17.5 Å². The molecule has 0 aromatic heterocycles. The molecule has 0 unspecified atom stereocenters. The van der Waals surface area contributed by atoms with E-state index in [1.54, 1.807) is 39.4 Å². The summed E-state index contributed by atoms with van der Waals surface area (Å²) in [6.45, 7) is 0.675. The molecule has 2 aromatic carbocycles. The fourth-order valence-electron chi connectivity index (χ4n) is 4.32. The van der Waals surface area contributed by atoms with E-state index in [1.807, 2.05) is 36.4 Å². The first-order valence-electron chi connectivity index (χ1n) is 12.0. The van der Waals surface area contributed by atoms with E-state index in [-0.39, 0.29) is 30.3 Å². The van der Waals surface area contributed by atoms with Crippen molar-refractivity contribution in [3.05, 3.63) is 53.6 Å². The molecule has 2 amide bonds. The molecule has 1 fully saturated rings. The lowest BCUT2D eigenvalue weighted by Gasteiger charge is -2.27. The Labute approximate surface area is 211 Å². The van der Waals surface area contributed by atoms with Gasteiger partial charge in [0, 0.05) is 37.6 Å². The predicted octanol–water partition coefficient (Wildman–Crippen LogP) is 3.28. The van der Waals surface area contributed by atoms with Crippen molar-refractivity contribution in [2.24, 2.45) is 11.0 Å². The lowest BCUT2D eigenvalue weighted by molar-refractivity contribution is -0.142. The van der Waals surface area contributed by atoms with Crippen molar-refractivity contribution in [2.75, 3.05) is 48.1 Å². The van der Waals surface area contributed by atoms with Gasteiger partial charge in [-0.05, 0) is 42.7 Å². The second-order valence-corrected chi connectivity index (χ2v) is 8.87. The van der Waals surface area contributed by atoms with Gasteiger partial charge in [0.2, 0.25) is 5.91 Å². The lowest BCUT2D eigenvalue weighted by atomic mass is 9.97. The molecule has 0 N–H and O–H groups in total. The van der Waals surface area contributed by atoms with Gasteiger partial charge in [-0.2, -0.15) is 5.10 Å². The molecular formula is C27H33N3O6. The number of benzene rings is 2. The third-order valence-corrected chi connectivity index (χ3v) is 6.52. The number of carbonyl (C=O) groups is 2. The first-order valence-corrected chi connectivity index (χ1v) is 12.0. The van der Waals surface area contributed by atoms with Gasteiger partial charge in [-0.1, -0.05) is 12.1 Å². The van der Waals surface area contributed by atoms with Crippen LogP contribution in [0.5, 0.6) is 17.2 Å². The minimum Gasteiger partial charge on any atom is -0.497 e. The van der Waals surface area contributed by atoms with Crippen LogP contribution in [0, 0.1) is 5.92 Å². The van der Waals surface area contributed by atoms with Crippen LogP contribution in [0.1, 0.15) is 36.4 Å². The Bertz CT molecular complexity index is 1110. The van der Waals surface area contributed by atoms with Crippen LogP contribution < -0.4 is 14.2 Å². The van der Waals surface area contributed by atoms with Crippen molar-refractivity contribution < 1.29 is 28.5 Å². The van der Waals surface area contributed by atoms with Crippen molar-refractivity contribution in [3.8, 4) is 17.2 Å². The number of rotatable bonds is 11. The van der Waals surface area contributed by atoms with Crippen molar-refractivity contribution in [1.82, 2.24) is 9.91 Å². The summed E-state index contributed by atoms with van der Waals surface area (Å²) in [5.74, 6) is 1.77. The highest BCUT2D eigenvalue weighted by molar-refractivity contribution is 6.05. The molecule has 0 spiro atoms. The van der Waals surface area contributed by atoms with Gasteiger partial charge in [-0.15, -0.1) is 0 Å². The Morgan fingerprint density at radius 1 is 0.972 bits per heavy atom. The minimum absolute atomic E-state index is 0.00150. The molecule has 2 aromatic rings. The van der Waals surface area contributed by atoms with E-state index < -0.39 is 0 Å². The first kappa shape index (κ1) is 25.5. The van der Waals surface area contributed by atoms with Crippen LogP contribution >= 0.6 is 0 Å². The zero-order valence-corrected chi connectivity index (χ0v) is 21.2. The monoisotopic (exact) mass is 495 g/mol. The molecule has 0 radical (unpaired) electrons. The SMILES string of the molecule is COCCN(CC(=O)N1N=C(c2ccc(OC)cc2OC)C[C@H]1c1ccc(OC)cc1)C(=O)C1CC1. The molecule has 36 heavy (non-hydrogen) atoms. The van der Waals surface area contributed by atoms with Crippen molar-refractivity contribution in [3.63, 3.8) is 0 Å². The summed E-state index contributed by atoms with van der Waals surface area (Å²) < 4.78 is 21.4. The van der Waals surface area contributed by atoms with Crippen molar-refractivity contribution in [2.45, 2.75) is 25.3 Å². The first-order chi connectivity index (χ1) is 17.5. The third-order valence-electron chi connectivity index (χ3n) is 6.52. The number of hydrazone groups is 1. The quantitative estimate of drug-likeness (QED) is 0.475. The summed E-state index contributed by atoms with van der Waals surface area (Å²) >= 11 is 0. The largest absolute Gasteiger partial charge is 0.497 e. The minimum atomic E-state index is -0.328. The second-order valence-electron chi connectivity index (χ2n) is 8.87. The maximum atomic E-state index is 13.6. The van der Waals surface area contributed by atoms with Gasteiger partial charge in [-0.25, -0.2) is 5.01 Å². The average Bonchev–Trinajstić information content (AvgIpc) is 3.68. The Kier molecular flexibility index (Phi) is 8.10. The molecular weight excluding hydrogens is 462 g/mol. The van der Waals surface area contributed by atoms with Gasteiger partial charge in [0.25, 0.3) is 5.91 Å². The molecule has 1 aliphatic carbocycles. The Hall–Kier alpha value is -3.59. The number of methoxy groups -OCH3 is 4. The number of carbonyl (C=O) groups excluding carboxylic acids is 2. The van der Waals surface area contributed by atoms with Crippen LogP contribution in [0.15, 0.2) is 47.6 Å². The van der Waals surface area contributed by atoms with Crippen LogP contribution in [0.25, 0.3) is 0 Å². The lowest BCUT2D eigenvalue weighted by Crippen LogP contribution is -2.43. The molecule has 4 rings (SSSR count). The highest BCUT2D eigenvalue weighted by atomic mass is 16.5. The molecule has 0 saturated heterocycles. The normalized spacial score (nSPS) is 16.9. The summed E-state index contributed by atoms with van der Waals surface area (Å²) in [4.78, 5) is 28.0. The van der Waals surface area contributed by atoms with Crippen LogP contribution in [0.3, 0.4) is 0 Å². The highest BCUT2D eigenvalue weighted by Crippen LogP contribution is 2.37. The fourth-order valence-corrected chi connectivity index (χ4v) is 4.32. The maximum absolute atomic E-state index is 13.6. The average molecular weight is 496 g/mol. The summed E-state index contributed by atoms with van der Waals surface area (Å²) in [6.07, 6.45) is 2.23. The number of hydrogen-bond donors (Lipinski definition) is 0. The van der Waals surface area contributed by atoms with Crippen LogP contribution in [-0.4, -0.2) is 75.6 Å². The van der Waals surface area contributed by atoms with Gasteiger partial charge in [-0.3, -0.25) is 9.59 Å². The van der Waals surface area contributed by atoms with E-state index in [0.717, 1.165) is 35.4 Å². The molecule has 9 heteroatoms. The summed E-state index contributed by atoms with van der Waals surface area (Å²) in [6, 6.07) is 12.8. The number of ether oxygens (including phenoxy) is 4. The van der Waals surface area contributed by atoms with E-state index in [9.17, 15) is 9.59 Å². The molecule has 0 bridgehead atoms. The van der Waals surface area contributed by atoms with Gasteiger partial charge in [0.05, 0.1) is 39.7 Å². The molecule has 9 nitrogen and oxygen atoms in total. The number of nitrogens with zero attached hydrogens (tertiary/aromatic N) is 3. The highest BCUT2D eigenvalue weighted by Gasteiger charge is 2.38. The van der Waals surface area contributed by atoms with Gasteiger partial charge in [0.1, 0.15) is 23.8 Å². The molecule has 1 atom stereocenters. The van der Waals surface area contributed by atoms with E-state index in [2.05, 4.69) is 0 Å². The second kappa shape index (κ2) is 11.4. The van der Waals surface area contributed by atoms with Crippen LogP contribution in [0.2, 0.25) is 0 Å². The van der Waals surface area contributed by atoms with Crippen LogP contribution in [0.4, 0.5) is 0 Å². The number of hydrogen-bond acceptors (Lipinski definition) is 7. The Balaban J connectivity index is 1.65. The molecule has 1 heterocycles. The van der Waals surface area contributed by atoms with Gasteiger partial charge < -0.3 is 23.8 Å². The maximum Gasteiger partial charge on any atom is 0.262 e. The smallest absolute Gasteiger partial charge is 0.262 e. The Morgan fingerprint density at radius 3 is 2.28 bits per heavy atom. The topological polar surface area (TPSA) is 89.9 Å². The van der Waals surface area contributed by atoms with E-state index in [4.69, 9.17) is 24.0 Å². The zero-order chi connectivity index (χ0) is 25.7. The van der Waals surface area contributed by atoms with E-state index in [1.165, 1.54) is 5.01 Å². The predicted molar refractivity (Wildman–Crippen MR) is 134 cm³/mol. The standard InChI is InChI=1S/C27H33N3O6/c1-33-14-13-29(27(32)19-5-6-19)17-26(31)30-24(18-7-9-20(34-2)10-8-18)16-23(28-30)22-12-11-21(35-3)15-25(22)36-4/h7-12,15,19,24H,5-6,13-14,16-17H2,1-4H3/t24-/m0/s1. The summed E-state index contributed by atoms with van der Waals surface area (Å²) in [7, 11) is 6.39. The molecule has 1 aliphatic heterocycles. The molecule has 192 valence electrons. The zero-order valence-electron chi connectivity index (χ0n) is 21.2. The van der Waals surface area contributed by atoms with Crippen LogP contribution in [-0.2, 0) is 14.3 Å². The summed E-state index contributed by atoms with van der Waals surface area (Å²) in [5.41, 5.74) is 2.44. The third kappa shape index (κ3) is 5.62. The molecule has 1 saturated carbocycles. The molecule has 2 aliphatic rings.